The molecule has 1 rings (SSSR count). The van der Waals surface area contributed by atoms with Gasteiger partial charge in [0, 0.05) is 4.47 Å². The second kappa shape index (κ2) is 6.90. The van der Waals surface area contributed by atoms with Crippen LogP contribution in [0.3, 0.4) is 0 Å². The van der Waals surface area contributed by atoms with Crippen LogP contribution in [-0.4, -0.2) is 37.5 Å². The summed E-state index contributed by atoms with van der Waals surface area (Å²) < 4.78 is 26.7. The lowest BCUT2D eigenvalue weighted by molar-refractivity contribution is -0.139. The molecule has 0 aromatic carbocycles. The molecule has 0 spiro atoms. The molecule has 1 atom stereocenters. The zero-order valence-corrected chi connectivity index (χ0v) is 13.5. The van der Waals surface area contributed by atoms with Gasteiger partial charge in [0.15, 0.2) is 0 Å². The van der Waals surface area contributed by atoms with Crippen LogP contribution in [0, 0.1) is 0 Å². The number of hydrogen-bond donors (Lipinski definition) is 2. The van der Waals surface area contributed by atoms with E-state index in [1.54, 1.807) is 11.4 Å². The van der Waals surface area contributed by atoms with E-state index < -0.39 is 22.0 Å². The number of nitrogens with one attached hydrogen (secondary N) is 1. The largest absolute Gasteiger partial charge is 0.480 e. The smallest absolute Gasteiger partial charge is 0.321 e. The van der Waals surface area contributed by atoms with Crippen LogP contribution >= 0.6 is 39.0 Å². The lowest BCUT2D eigenvalue weighted by Crippen LogP contribution is -2.40. The summed E-state index contributed by atoms with van der Waals surface area (Å²) in [5.41, 5.74) is 0. The Bertz CT molecular complexity index is 514. The van der Waals surface area contributed by atoms with Crippen molar-refractivity contribution in [3.8, 4) is 0 Å². The Morgan fingerprint density at radius 3 is 2.78 bits per heavy atom. The number of thioether (sulfide) groups is 1. The van der Waals surface area contributed by atoms with Gasteiger partial charge in [0.25, 0.3) is 10.0 Å². The van der Waals surface area contributed by atoms with Crippen molar-refractivity contribution in [1.29, 1.82) is 0 Å². The zero-order valence-electron chi connectivity index (χ0n) is 9.42. The molecule has 0 aliphatic rings. The van der Waals surface area contributed by atoms with E-state index in [9.17, 15) is 13.2 Å². The standard InChI is InChI=1S/C9H12BrNO4S3/c1-16-4-3-7(8(12)13)11-18(14,15)9-6(10)2-5-17-9/h2,5,7,11H,3-4H2,1H3,(H,12,13)/t7-/m0/s1. The molecule has 1 aromatic heterocycles. The second-order valence-corrected chi connectivity index (χ2v) is 8.01. The van der Waals surface area contributed by atoms with E-state index in [1.165, 1.54) is 11.8 Å². The van der Waals surface area contributed by atoms with Gasteiger partial charge in [-0.15, -0.1) is 11.3 Å². The van der Waals surface area contributed by atoms with Crippen LogP contribution in [0.2, 0.25) is 0 Å². The number of halogens is 1. The van der Waals surface area contributed by atoms with E-state index in [1.807, 2.05) is 6.26 Å². The maximum Gasteiger partial charge on any atom is 0.321 e. The van der Waals surface area contributed by atoms with Crippen molar-refractivity contribution in [2.24, 2.45) is 0 Å². The normalized spacial score (nSPS) is 13.4. The number of carbonyl (C=O) groups is 1. The predicted octanol–water partition coefficient (Wildman–Crippen LogP) is 2.00. The summed E-state index contributed by atoms with van der Waals surface area (Å²) in [5.74, 6) is -0.592. The Labute approximate surface area is 122 Å². The summed E-state index contributed by atoms with van der Waals surface area (Å²) in [6.07, 6.45) is 2.09. The molecule has 0 saturated carbocycles. The van der Waals surface area contributed by atoms with Gasteiger partial charge >= 0.3 is 5.97 Å². The van der Waals surface area contributed by atoms with Crippen LogP contribution < -0.4 is 4.72 Å². The minimum Gasteiger partial charge on any atom is -0.480 e. The Morgan fingerprint density at radius 2 is 2.33 bits per heavy atom. The average Bonchev–Trinajstić information content (AvgIpc) is 2.71. The number of rotatable bonds is 7. The van der Waals surface area contributed by atoms with Gasteiger partial charge in [-0.2, -0.15) is 16.5 Å². The number of sulfonamides is 1. The number of aliphatic carboxylic acids is 1. The molecule has 0 radical (unpaired) electrons. The zero-order chi connectivity index (χ0) is 13.8. The van der Waals surface area contributed by atoms with Crippen LogP contribution in [0.5, 0.6) is 0 Å². The van der Waals surface area contributed by atoms with Crippen molar-refractivity contribution < 1.29 is 18.3 Å². The summed E-state index contributed by atoms with van der Waals surface area (Å²) in [5, 5.41) is 10.6. The molecule has 18 heavy (non-hydrogen) atoms. The summed E-state index contributed by atoms with van der Waals surface area (Å²) in [7, 11) is -3.79. The molecule has 102 valence electrons. The first-order valence-corrected chi connectivity index (χ1v) is 9.40. The topological polar surface area (TPSA) is 83.5 Å². The third kappa shape index (κ3) is 4.23. The molecule has 0 amide bonds. The third-order valence-corrected chi connectivity index (χ3v) is 6.82. The van der Waals surface area contributed by atoms with E-state index in [0.29, 0.717) is 10.2 Å². The minimum absolute atomic E-state index is 0.0953. The molecule has 1 aromatic rings. The summed E-state index contributed by atoms with van der Waals surface area (Å²) in [4.78, 5) is 11.0. The second-order valence-electron chi connectivity index (χ2n) is 3.35. The summed E-state index contributed by atoms with van der Waals surface area (Å²) >= 11 is 5.63. The maximum absolute atomic E-state index is 12.0. The third-order valence-electron chi connectivity index (χ3n) is 2.03. The number of carboxylic acid groups (broad SMARTS) is 1. The molecule has 5 nitrogen and oxygen atoms in total. The van der Waals surface area contributed by atoms with Gasteiger partial charge in [-0.05, 0) is 45.8 Å². The highest BCUT2D eigenvalue weighted by atomic mass is 79.9. The first-order chi connectivity index (χ1) is 8.38. The first-order valence-electron chi connectivity index (χ1n) is 4.85. The van der Waals surface area contributed by atoms with E-state index in [2.05, 4.69) is 20.7 Å². The van der Waals surface area contributed by atoms with Gasteiger partial charge in [0.05, 0.1) is 0 Å². The van der Waals surface area contributed by atoms with Gasteiger partial charge in [-0.1, -0.05) is 0 Å². The van der Waals surface area contributed by atoms with Crippen LogP contribution in [0.15, 0.2) is 20.1 Å². The highest BCUT2D eigenvalue weighted by molar-refractivity contribution is 9.10. The lowest BCUT2D eigenvalue weighted by atomic mass is 10.2. The Kier molecular flexibility index (Phi) is 6.12. The quantitative estimate of drug-likeness (QED) is 0.763. The first kappa shape index (κ1) is 16.0. The van der Waals surface area contributed by atoms with E-state index in [0.717, 1.165) is 11.3 Å². The van der Waals surface area contributed by atoms with Crippen molar-refractivity contribution >= 4 is 55.0 Å². The van der Waals surface area contributed by atoms with Crippen molar-refractivity contribution in [2.45, 2.75) is 16.7 Å². The molecule has 0 bridgehead atoms. The summed E-state index contributed by atoms with van der Waals surface area (Å²) in [6.45, 7) is 0. The molecule has 0 fully saturated rings. The molecule has 1 heterocycles. The molecule has 9 heteroatoms. The van der Waals surface area contributed by atoms with Crippen molar-refractivity contribution in [3.63, 3.8) is 0 Å². The van der Waals surface area contributed by atoms with Gasteiger partial charge < -0.3 is 5.11 Å². The maximum atomic E-state index is 12.0. The Hall–Kier alpha value is -0.0900. The van der Waals surface area contributed by atoms with Gasteiger partial charge in [0.1, 0.15) is 10.3 Å². The number of hydrogen-bond acceptors (Lipinski definition) is 5. The molecular formula is C9H12BrNO4S3. The van der Waals surface area contributed by atoms with Crippen LogP contribution in [0.4, 0.5) is 0 Å². The van der Waals surface area contributed by atoms with E-state index >= 15 is 0 Å². The summed E-state index contributed by atoms with van der Waals surface area (Å²) in [6, 6.07) is 0.508. The van der Waals surface area contributed by atoms with Gasteiger partial charge in [-0.25, -0.2) is 8.42 Å². The Morgan fingerprint density at radius 1 is 1.67 bits per heavy atom. The van der Waals surface area contributed by atoms with Crippen molar-refractivity contribution in [2.75, 3.05) is 12.0 Å². The highest BCUT2D eigenvalue weighted by Crippen LogP contribution is 2.27. The molecule has 0 aliphatic carbocycles. The van der Waals surface area contributed by atoms with Crippen LogP contribution in [0.1, 0.15) is 6.42 Å². The fraction of sp³-hybridized carbons (Fsp3) is 0.444. The fourth-order valence-electron chi connectivity index (χ4n) is 1.18. The van der Waals surface area contributed by atoms with E-state index in [4.69, 9.17) is 5.11 Å². The predicted molar refractivity (Wildman–Crippen MR) is 76.8 cm³/mol. The fourth-order valence-corrected chi connectivity index (χ4v) is 5.23. The molecule has 2 N–H and O–H groups in total. The van der Waals surface area contributed by atoms with Crippen LogP contribution in [0.25, 0.3) is 0 Å². The monoisotopic (exact) mass is 373 g/mol. The number of carboxylic acids is 1. The lowest BCUT2D eigenvalue weighted by Gasteiger charge is -2.13. The highest BCUT2D eigenvalue weighted by Gasteiger charge is 2.27. The van der Waals surface area contributed by atoms with Gasteiger partial charge in [0.2, 0.25) is 0 Å². The van der Waals surface area contributed by atoms with E-state index in [-0.39, 0.29) is 10.6 Å². The average molecular weight is 374 g/mol. The SMILES string of the molecule is CSCC[C@H](NS(=O)(=O)c1sccc1Br)C(=O)O. The van der Waals surface area contributed by atoms with Crippen LogP contribution in [-0.2, 0) is 14.8 Å². The molecule has 0 aliphatic heterocycles. The molecular weight excluding hydrogens is 362 g/mol. The Balaban J connectivity index is 2.86. The van der Waals surface area contributed by atoms with Crippen molar-refractivity contribution in [1.82, 2.24) is 4.72 Å². The molecule has 0 saturated heterocycles. The molecule has 0 unspecified atom stereocenters. The van der Waals surface area contributed by atoms with Crippen molar-refractivity contribution in [3.05, 3.63) is 15.9 Å². The van der Waals surface area contributed by atoms with Gasteiger partial charge in [-0.3, -0.25) is 4.79 Å². The number of thiophene rings is 1. The minimum atomic E-state index is -3.79.